The molecule has 2 aliphatic rings. The number of thiazole rings is 1. The summed E-state index contributed by atoms with van der Waals surface area (Å²) in [4.78, 5) is 23.8. The molecule has 2 aliphatic heterocycles. The molecule has 0 radical (unpaired) electrons. The van der Waals surface area contributed by atoms with Gasteiger partial charge in [-0.05, 0) is 0 Å². The molecule has 0 N–H and O–H groups in total. The Balaban J connectivity index is 1.42. The van der Waals surface area contributed by atoms with Gasteiger partial charge in [0.1, 0.15) is 5.01 Å². The molecule has 6 nitrogen and oxygen atoms in total. The van der Waals surface area contributed by atoms with E-state index in [1.165, 1.54) is 10.7 Å². The number of carbonyl (C=O) groups is 1. The van der Waals surface area contributed by atoms with E-state index in [2.05, 4.69) is 36.0 Å². The maximum atomic E-state index is 12.3. The molecule has 0 saturated carbocycles. The van der Waals surface area contributed by atoms with Gasteiger partial charge in [0, 0.05) is 50.1 Å². The molecule has 1 amide bonds. The Morgan fingerprint density at radius 2 is 1.76 bits per heavy atom. The number of aromatic nitrogens is 1. The third-order valence-corrected chi connectivity index (χ3v) is 5.70. The zero-order valence-electron chi connectivity index (χ0n) is 15.7. The van der Waals surface area contributed by atoms with Crippen LogP contribution in [-0.2, 0) is 21.5 Å². The van der Waals surface area contributed by atoms with Crippen LogP contribution in [0, 0.1) is 0 Å². The summed E-state index contributed by atoms with van der Waals surface area (Å²) in [7, 11) is 0. The molecule has 0 bridgehead atoms. The SMILES string of the molecule is CC(C)(C)c1csc(CN2CCN(CC(=O)N3CCOCC3)CC2)n1. The zero-order valence-corrected chi connectivity index (χ0v) is 16.5. The number of carbonyl (C=O) groups excluding carboxylic acids is 1. The van der Waals surface area contributed by atoms with Gasteiger partial charge in [-0.3, -0.25) is 14.6 Å². The zero-order chi connectivity index (χ0) is 17.9. The van der Waals surface area contributed by atoms with Crippen molar-refractivity contribution in [3.63, 3.8) is 0 Å². The number of morpholine rings is 1. The standard InChI is InChI=1S/C18H30N4O2S/c1-18(2,3)15-14-25-16(19-15)12-20-4-6-21(7-5-20)13-17(23)22-8-10-24-11-9-22/h14H,4-13H2,1-3H3. The first-order valence-electron chi connectivity index (χ1n) is 9.17. The molecule has 0 aliphatic carbocycles. The van der Waals surface area contributed by atoms with Gasteiger partial charge in [-0.2, -0.15) is 0 Å². The van der Waals surface area contributed by atoms with Crippen molar-refractivity contribution >= 4 is 17.2 Å². The third-order valence-electron chi connectivity index (χ3n) is 4.87. The molecule has 7 heteroatoms. The molecule has 3 heterocycles. The van der Waals surface area contributed by atoms with E-state index in [9.17, 15) is 4.79 Å². The Hall–Kier alpha value is -1.02. The fourth-order valence-corrected chi connectivity index (χ4v) is 4.19. The van der Waals surface area contributed by atoms with E-state index in [1.807, 2.05) is 4.90 Å². The van der Waals surface area contributed by atoms with E-state index in [0.29, 0.717) is 19.8 Å². The van der Waals surface area contributed by atoms with Gasteiger partial charge in [-0.15, -0.1) is 11.3 Å². The highest BCUT2D eigenvalue weighted by Gasteiger charge is 2.24. The van der Waals surface area contributed by atoms with Crippen LogP contribution in [0.25, 0.3) is 0 Å². The first-order chi connectivity index (χ1) is 11.9. The highest BCUT2D eigenvalue weighted by molar-refractivity contribution is 7.09. The summed E-state index contributed by atoms with van der Waals surface area (Å²) in [5.74, 6) is 0.242. The van der Waals surface area contributed by atoms with Crippen LogP contribution in [0.3, 0.4) is 0 Å². The van der Waals surface area contributed by atoms with E-state index < -0.39 is 0 Å². The predicted octanol–water partition coefficient (Wildman–Crippen LogP) is 1.42. The largest absolute Gasteiger partial charge is 0.378 e. The van der Waals surface area contributed by atoms with E-state index >= 15 is 0 Å². The smallest absolute Gasteiger partial charge is 0.236 e. The van der Waals surface area contributed by atoms with Gasteiger partial charge in [0.05, 0.1) is 32.0 Å². The predicted molar refractivity (Wildman–Crippen MR) is 99.9 cm³/mol. The number of hydrogen-bond donors (Lipinski definition) is 0. The molecule has 1 aromatic rings. The summed E-state index contributed by atoms with van der Waals surface area (Å²) in [5, 5.41) is 3.38. The summed E-state index contributed by atoms with van der Waals surface area (Å²) in [6, 6.07) is 0. The van der Waals surface area contributed by atoms with Gasteiger partial charge in [-0.25, -0.2) is 4.98 Å². The summed E-state index contributed by atoms with van der Waals surface area (Å²) in [6.07, 6.45) is 0. The molecule has 3 rings (SSSR count). The van der Waals surface area contributed by atoms with Crippen LogP contribution in [0.5, 0.6) is 0 Å². The van der Waals surface area contributed by atoms with Crippen molar-refractivity contribution in [2.75, 3.05) is 59.0 Å². The van der Waals surface area contributed by atoms with Crippen molar-refractivity contribution in [1.82, 2.24) is 19.7 Å². The number of piperazine rings is 1. The van der Waals surface area contributed by atoms with Crippen LogP contribution in [0.1, 0.15) is 31.5 Å². The molecular formula is C18H30N4O2S. The summed E-state index contributed by atoms with van der Waals surface area (Å²) in [6.45, 7) is 14.8. The van der Waals surface area contributed by atoms with Crippen LogP contribution in [-0.4, -0.2) is 84.6 Å². The average molecular weight is 367 g/mol. The van der Waals surface area contributed by atoms with E-state index in [1.54, 1.807) is 11.3 Å². The molecule has 0 aromatic carbocycles. The third kappa shape index (κ3) is 5.23. The van der Waals surface area contributed by atoms with Crippen molar-refractivity contribution in [1.29, 1.82) is 0 Å². The van der Waals surface area contributed by atoms with Gasteiger partial charge in [-0.1, -0.05) is 20.8 Å². The molecular weight excluding hydrogens is 336 g/mol. The fourth-order valence-electron chi connectivity index (χ4n) is 3.13. The summed E-state index contributed by atoms with van der Waals surface area (Å²) < 4.78 is 5.31. The Morgan fingerprint density at radius 1 is 1.12 bits per heavy atom. The van der Waals surface area contributed by atoms with E-state index in [0.717, 1.165) is 45.8 Å². The Labute approximate surface area is 154 Å². The van der Waals surface area contributed by atoms with Crippen molar-refractivity contribution < 1.29 is 9.53 Å². The molecule has 25 heavy (non-hydrogen) atoms. The second kappa shape index (κ2) is 8.12. The number of ether oxygens (including phenoxy) is 1. The molecule has 2 saturated heterocycles. The molecule has 0 unspecified atom stereocenters. The monoisotopic (exact) mass is 366 g/mol. The number of rotatable bonds is 4. The first kappa shape index (κ1) is 18.8. The molecule has 0 atom stereocenters. The van der Waals surface area contributed by atoms with Crippen LogP contribution in [0.2, 0.25) is 0 Å². The highest BCUT2D eigenvalue weighted by atomic mass is 32.1. The van der Waals surface area contributed by atoms with Crippen molar-refractivity contribution in [2.24, 2.45) is 0 Å². The normalized spacial score (nSPS) is 20.8. The lowest BCUT2D eigenvalue weighted by Gasteiger charge is -2.35. The topological polar surface area (TPSA) is 48.9 Å². The first-order valence-corrected chi connectivity index (χ1v) is 10.0. The molecule has 0 spiro atoms. The Kier molecular flexibility index (Phi) is 6.09. The maximum Gasteiger partial charge on any atom is 0.236 e. The molecule has 140 valence electrons. The van der Waals surface area contributed by atoms with Gasteiger partial charge in [0.2, 0.25) is 5.91 Å². The van der Waals surface area contributed by atoms with E-state index in [4.69, 9.17) is 9.72 Å². The minimum atomic E-state index is 0.118. The van der Waals surface area contributed by atoms with Crippen molar-refractivity contribution in [3.05, 3.63) is 16.1 Å². The van der Waals surface area contributed by atoms with Crippen LogP contribution < -0.4 is 0 Å². The molecule has 1 aromatic heterocycles. The van der Waals surface area contributed by atoms with Crippen molar-refractivity contribution in [3.8, 4) is 0 Å². The van der Waals surface area contributed by atoms with Crippen LogP contribution in [0.4, 0.5) is 0 Å². The van der Waals surface area contributed by atoms with Crippen molar-refractivity contribution in [2.45, 2.75) is 32.7 Å². The summed E-state index contributed by atoms with van der Waals surface area (Å²) in [5.41, 5.74) is 1.30. The second-order valence-corrected chi connectivity index (χ2v) is 8.86. The van der Waals surface area contributed by atoms with Gasteiger partial charge in [0.15, 0.2) is 0 Å². The van der Waals surface area contributed by atoms with Gasteiger partial charge < -0.3 is 9.64 Å². The number of nitrogens with zero attached hydrogens (tertiary/aromatic N) is 4. The second-order valence-electron chi connectivity index (χ2n) is 7.92. The highest BCUT2D eigenvalue weighted by Crippen LogP contribution is 2.24. The Bertz CT molecular complexity index is 570. The van der Waals surface area contributed by atoms with Gasteiger partial charge in [0.25, 0.3) is 0 Å². The lowest BCUT2D eigenvalue weighted by molar-refractivity contribution is -0.136. The van der Waals surface area contributed by atoms with Crippen LogP contribution in [0.15, 0.2) is 5.38 Å². The lowest BCUT2D eigenvalue weighted by Crippen LogP contribution is -2.51. The minimum absolute atomic E-state index is 0.118. The lowest BCUT2D eigenvalue weighted by atomic mass is 9.93. The molecule has 2 fully saturated rings. The fraction of sp³-hybridized carbons (Fsp3) is 0.778. The average Bonchev–Trinajstić information content (AvgIpc) is 3.06. The van der Waals surface area contributed by atoms with Gasteiger partial charge >= 0.3 is 0 Å². The Morgan fingerprint density at radius 3 is 2.36 bits per heavy atom. The number of hydrogen-bond acceptors (Lipinski definition) is 6. The van der Waals surface area contributed by atoms with E-state index in [-0.39, 0.29) is 11.3 Å². The summed E-state index contributed by atoms with van der Waals surface area (Å²) >= 11 is 1.76. The minimum Gasteiger partial charge on any atom is -0.378 e. The quantitative estimate of drug-likeness (QED) is 0.807. The maximum absolute atomic E-state index is 12.3. The van der Waals surface area contributed by atoms with Crippen LogP contribution >= 0.6 is 11.3 Å². The number of amides is 1.